The second-order valence-corrected chi connectivity index (χ2v) is 23.8. The molecular formula is C57H79N11O7S. The maximum atomic E-state index is 14.8. The topological polar surface area (TPSA) is 178 Å². The van der Waals surface area contributed by atoms with Crippen molar-refractivity contribution in [2.75, 3.05) is 91.6 Å². The minimum absolute atomic E-state index is 0.0476. The standard InChI is InChI=1S/C57H79N11O7S/c1-11-49(69)66-31-39(32-66)37-17-20-65(21-18-37)56(73)63(9)51(35(3)4)53(70)60-45-28-48-59-46(33-76-48)38-15-16-47-41(26-38)43(29-57(6,7)34-75-55(72)44-14-13-19-68(61-44)54(45)71)52(67(47)12-2)42-27-40(30-58-50(42)36(5)74-10)64-24-22-62(8)23-25-64/h11,15-16,26-27,30,33,35-37,39,44-45,51,61H,1,12-14,17-25,28-29,31-32,34H2,2-10H3,(H,60,70)/t36-,44-,45-,51-/m0/s1. The first-order valence-corrected chi connectivity index (χ1v) is 28.3. The van der Waals surface area contributed by atoms with E-state index < -0.39 is 41.3 Å². The molecule has 3 aromatic heterocycles. The summed E-state index contributed by atoms with van der Waals surface area (Å²) in [5.41, 5.74) is 10.5. The molecule has 18 nitrogen and oxygen atoms in total. The minimum Gasteiger partial charge on any atom is -0.464 e. The molecule has 410 valence electrons. The molecule has 4 aromatic rings. The summed E-state index contributed by atoms with van der Waals surface area (Å²) in [6.45, 7) is 23.2. The van der Waals surface area contributed by atoms with E-state index in [0.717, 1.165) is 89.4 Å². The second-order valence-electron chi connectivity index (χ2n) is 22.9. The molecule has 5 aliphatic rings. The number of likely N-dealkylation sites (tertiary alicyclic amines) is 2. The zero-order valence-electron chi connectivity index (χ0n) is 46.1. The number of likely N-dealkylation sites (N-methyl/N-ethyl adjacent to an activating group) is 2. The predicted octanol–water partition coefficient (Wildman–Crippen LogP) is 6.39. The molecule has 5 aliphatic heterocycles. The third-order valence-corrected chi connectivity index (χ3v) is 17.5. The van der Waals surface area contributed by atoms with Crippen LogP contribution in [-0.2, 0) is 48.0 Å². The van der Waals surface area contributed by atoms with Crippen molar-refractivity contribution in [3.63, 3.8) is 0 Å². The van der Waals surface area contributed by atoms with Crippen LogP contribution in [0.4, 0.5) is 10.5 Å². The largest absolute Gasteiger partial charge is 0.464 e. The Balaban J connectivity index is 1.03. The molecule has 6 bridgehead atoms. The lowest BCUT2D eigenvalue weighted by molar-refractivity contribution is -0.155. The number of carbonyl (C=O) groups is 5. The highest BCUT2D eigenvalue weighted by Crippen LogP contribution is 2.43. The highest BCUT2D eigenvalue weighted by Gasteiger charge is 2.41. The molecule has 0 radical (unpaired) electrons. The minimum atomic E-state index is -1.07. The van der Waals surface area contributed by atoms with E-state index in [4.69, 9.17) is 19.4 Å². The first kappa shape index (κ1) is 54.9. The van der Waals surface area contributed by atoms with E-state index in [-0.39, 0.29) is 37.0 Å². The van der Waals surface area contributed by atoms with Crippen LogP contribution < -0.4 is 15.6 Å². The molecule has 4 atom stereocenters. The Morgan fingerprint density at radius 3 is 2.43 bits per heavy atom. The normalized spacial score (nSPS) is 22.0. The van der Waals surface area contributed by atoms with E-state index in [1.54, 1.807) is 19.1 Å². The number of fused-ring (bicyclic) bond motifs is 6. The maximum Gasteiger partial charge on any atom is 0.324 e. The Kier molecular flexibility index (Phi) is 16.6. The van der Waals surface area contributed by atoms with E-state index >= 15 is 0 Å². The Hall–Kier alpha value is -5.89. The molecule has 2 N–H and O–H groups in total. The molecule has 4 saturated heterocycles. The van der Waals surface area contributed by atoms with Gasteiger partial charge in [0.2, 0.25) is 11.8 Å². The van der Waals surface area contributed by atoms with Gasteiger partial charge in [-0.25, -0.2) is 15.2 Å². The summed E-state index contributed by atoms with van der Waals surface area (Å²) in [6, 6.07) is 5.77. The van der Waals surface area contributed by atoms with Crippen LogP contribution in [-0.4, -0.2) is 174 Å². The zero-order valence-corrected chi connectivity index (χ0v) is 46.9. The van der Waals surface area contributed by atoms with Gasteiger partial charge in [-0.05, 0) is 101 Å². The van der Waals surface area contributed by atoms with Gasteiger partial charge >= 0.3 is 12.0 Å². The number of aromatic nitrogens is 3. The molecule has 0 aliphatic carbocycles. The van der Waals surface area contributed by atoms with Crippen molar-refractivity contribution in [1.29, 1.82) is 0 Å². The number of hydrazine groups is 1. The van der Waals surface area contributed by atoms with Crippen LogP contribution in [0.5, 0.6) is 0 Å². The smallest absolute Gasteiger partial charge is 0.324 e. The quantitative estimate of drug-likeness (QED) is 0.125. The van der Waals surface area contributed by atoms with Crippen LogP contribution in [0.3, 0.4) is 0 Å². The Morgan fingerprint density at radius 2 is 1.75 bits per heavy atom. The fraction of sp³-hybridized carbons (Fsp3) is 0.596. The zero-order chi connectivity index (χ0) is 54.2. The van der Waals surface area contributed by atoms with Gasteiger partial charge < -0.3 is 43.9 Å². The number of benzene rings is 1. The lowest BCUT2D eigenvalue weighted by Crippen LogP contribution is -2.62. The van der Waals surface area contributed by atoms with Crippen molar-refractivity contribution in [2.24, 2.45) is 23.2 Å². The number of ether oxygens (including phenoxy) is 2. The van der Waals surface area contributed by atoms with E-state index in [1.807, 2.05) is 37.2 Å². The number of anilines is 1. The molecule has 0 spiro atoms. The van der Waals surface area contributed by atoms with Crippen LogP contribution in [0.15, 0.2) is 48.5 Å². The van der Waals surface area contributed by atoms with Crippen molar-refractivity contribution in [3.05, 3.63) is 64.8 Å². The summed E-state index contributed by atoms with van der Waals surface area (Å²) in [5, 5.41) is 8.26. The fourth-order valence-electron chi connectivity index (χ4n) is 12.0. The average molecular weight is 1060 g/mol. The predicted molar refractivity (Wildman–Crippen MR) is 295 cm³/mol. The van der Waals surface area contributed by atoms with Crippen LogP contribution >= 0.6 is 11.3 Å². The SMILES string of the molecule is C=CC(=O)N1CC(C2CCN(C(=O)N(C)[C@H](C(=O)N[C@H]3Cc4nc(cs4)-c4ccc5c(c4)c(c(-c4cc(N6CCN(C)CC6)cnc4[C@H](C)OC)n5CC)CC(C)(C)COC(=O)[C@@H]4CCCN(N4)C3=O)C(C)C)CC2)C1. The summed E-state index contributed by atoms with van der Waals surface area (Å²) in [4.78, 5) is 90.1. The summed E-state index contributed by atoms with van der Waals surface area (Å²) in [7, 11) is 5.53. The van der Waals surface area contributed by atoms with Crippen LogP contribution in [0.1, 0.15) is 89.6 Å². The number of rotatable bonds is 11. The molecule has 0 saturated carbocycles. The van der Waals surface area contributed by atoms with Gasteiger partial charge in [0.25, 0.3) is 5.91 Å². The third kappa shape index (κ3) is 11.4. The number of piperidine rings is 1. The lowest BCUT2D eigenvalue weighted by atomic mass is 9.79. The fourth-order valence-corrected chi connectivity index (χ4v) is 12.9. The van der Waals surface area contributed by atoms with Crippen molar-refractivity contribution in [3.8, 4) is 22.5 Å². The molecular weight excluding hydrogens is 983 g/mol. The Labute approximate surface area is 452 Å². The van der Waals surface area contributed by atoms with E-state index in [1.165, 1.54) is 27.3 Å². The molecule has 76 heavy (non-hydrogen) atoms. The number of methoxy groups -OCH3 is 1. The van der Waals surface area contributed by atoms with Crippen LogP contribution in [0.25, 0.3) is 33.4 Å². The number of urea groups is 1. The molecule has 5 amide bonds. The van der Waals surface area contributed by atoms with Gasteiger partial charge in [-0.3, -0.25) is 29.2 Å². The summed E-state index contributed by atoms with van der Waals surface area (Å²) in [6.07, 6.45) is 6.36. The van der Waals surface area contributed by atoms with Gasteiger partial charge in [0.1, 0.15) is 18.1 Å². The molecule has 19 heteroatoms. The number of esters is 1. The number of nitrogens with one attached hydrogen (secondary N) is 2. The monoisotopic (exact) mass is 1060 g/mol. The maximum absolute atomic E-state index is 14.8. The van der Waals surface area contributed by atoms with Crippen molar-refractivity contribution >= 4 is 57.6 Å². The number of hydrogen-bond donors (Lipinski definition) is 2. The number of aryl methyl sites for hydroxylation is 1. The van der Waals surface area contributed by atoms with Gasteiger partial charge in [0, 0.05) is 119 Å². The summed E-state index contributed by atoms with van der Waals surface area (Å²) in [5.74, 6) is -0.821. The lowest BCUT2D eigenvalue weighted by Gasteiger charge is -2.46. The first-order chi connectivity index (χ1) is 36.4. The van der Waals surface area contributed by atoms with E-state index in [2.05, 4.69) is 83.8 Å². The molecule has 0 unspecified atom stereocenters. The van der Waals surface area contributed by atoms with Crippen LogP contribution in [0.2, 0.25) is 0 Å². The van der Waals surface area contributed by atoms with Crippen molar-refractivity contribution in [2.45, 2.75) is 111 Å². The first-order valence-electron chi connectivity index (χ1n) is 27.4. The van der Waals surface area contributed by atoms with Crippen molar-refractivity contribution < 1.29 is 33.4 Å². The highest BCUT2D eigenvalue weighted by atomic mass is 32.1. The molecule has 1 aromatic carbocycles. The number of amides is 5. The van der Waals surface area contributed by atoms with Gasteiger partial charge in [0.15, 0.2) is 0 Å². The Bertz CT molecular complexity index is 2810. The number of carbonyl (C=O) groups excluding carboxylic acids is 5. The average Bonchev–Trinajstić information content (AvgIpc) is 4.00. The molecule has 9 rings (SSSR count). The second kappa shape index (κ2) is 23.0. The van der Waals surface area contributed by atoms with Gasteiger partial charge in [-0.1, -0.05) is 40.3 Å². The van der Waals surface area contributed by atoms with Crippen molar-refractivity contribution in [1.82, 2.24) is 49.9 Å². The summed E-state index contributed by atoms with van der Waals surface area (Å²) < 4.78 is 14.6. The third-order valence-electron chi connectivity index (χ3n) is 16.6. The number of nitrogens with zero attached hydrogens (tertiary/aromatic N) is 9. The number of pyridine rings is 1. The van der Waals surface area contributed by atoms with E-state index in [0.29, 0.717) is 75.4 Å². The van der Waals surface area contributed by atoms with Crippen LogP contribution in [0, 0.1) is 23.2 Å². The number of hydrogen-bond acceptors (Lipinski definition) is 13. The highest BCUT2D eigenvalue weighted by molar-refractivity contribution is 7.10. The Morgan fingerprint density at radius 1 is 1.01 bits per heavy atom. The molecule has 8 heterocycles. The van der Waals surface area contributed by atoms with E-state index in [9.17, 15) is 24.0 Å². The summed E-state index contributed by atoms with van der Waals surface area (Å²) >= 11 is 1.43. The van der Waals surface area contributed by atoms with Gasteiger partial charge in [-0.15, -0.1) is 11.3 Å². The number of cyclic esters (lactones) is 1. The van der Waals surface area contributed by atoms with Gasteiger partial charge in [0.05, 0.1) is 46.7 Å². The number of thiazole rings is 1. The van der Waals surface area contributed by atoms with Gasteiger partial charge in [-0.2, -0.15) is 0 Å². The molecule has 4 fully saturated rings. The number of piperazine rings is 1.